The standard InChI is InChI=1S/C17H12IN3O4/c18-10-6-8-12(9-7-10)21-16(24)13(15(23)20-17(21)25)14(22)19-11-4-2-1-3-5-11/h1-9,24H,(H,19,22)(H,20,23,25). The van der Waals surface area contributed by atoms with E-state index in [1.54, 1.807) is 54.6 Å². The number of rotatable bonds is 3. The Morgan fingerprint density at radius 1 is 1.04 bits per heavy atom. The van der Waals surface area contributed by atoms with E-state index in [-0.39, 0.29) is 0 Å². The molecular formula is C17H12IN3O4. The highest BCUT2D eigenvalue weighted by Crippen LogP contribution is 2.18. The van der Waals surface area contributed by atoms with Crippen molar-refractivity contribution in [1.82, 2.24) is 9.55 Å². The molecule has 0 fully saturated rings. The molecule has 3 aromatic rings. The molecule has 0 atom stereocenters. The molecule has 0 aliphatic carbocycles. The summed E-state index contributed by atoms with van der Waals surface area (Å²) in [6.07, 6.45) is 0. The van der Waals surface area contributed by atoms with Crippen LogP contribution in [0.4, 0.5) is 5.69 Å². The van der Waals surface area contributed by atoms with Gasteiger partial charge in [-0.05, 0) is 59.0 Å². The van der Waals surface area contributed by atoms with Crippen LogP contribution in [-0.2, 0) is 0 Å². The molecule has 0 unspecified atom stereocenters. The lowest BCUT2D eigenvalue weighted by Crippen LogP contribution is -2.34. The number of para-hydroxylation sites is 1. The van der Waals surface area contributed by atoms with Crippen molar-refractivity contribution in [3.05, 3.63) is 84.6 Å². The van der Waals surface area contributed by atoms with Gasteiger partial charge in [-0.1, -0.05) is 18.2 Å². The minimum atomic E-state index is -0.960. The summed E-state index contributed by atoms with van der Waals surface area (Å²) >= 11 is 2.10. The summed E-state index contributed by atoms with van der Waals surface area (Å²) in [5.74, 6) is -1.53. The van der Waals surface area contributed by atoms with Crippen LogP contribution in [0.5, 0.6) is 5.88 Å². The lowest BCUT2D eigenvalue weighted by Gasteiger charge is -2.11. The van der Waals surface area contributed by atoms with Gasteiger partial charge in [-0.15, -0.1) is 0 Å². The molecule has 0 saturated heterocycles. The number of hydrogen-bond donors (Lipinski definition) is 3. The zero-order chi connectivity index (χ0) is 18.0. The third-order valence-corrected chi connectivity index (χ3v) is 4.15. The van der Waals surface area contributed by atoms with Gasteiger partial charge in [-0.3, -0.25) is 14.6 Å². The van der Waals surface area contributed by atoms with Crippen LogP contribution in [-0.4, -0.2) is 20.6 Å². The van der Waals surface area contributed by atoms with Gasteiger partial charge in [0.1, 0.15) is 0 Å². The number of carbonyl (C=O) groups is 1. The van der Waals surface area contributed by atoms with E-state index < -0.39 is 28.6 Å². The monoisotopic (exact) mass is 449 g/mol. The van der Waals surface area contributed by atoms with E-state index in [1.165, 1.54) is 0 Å². The summed E-state index contributed by atoms with van der Waals surface area (Å²) in [7, 11) is 0. The third-order valence-electron chi connectivity index (χ3n) is 3.43. The zero-order valence-electron chi connectivity index (χ0n) is 12.7. The molecule has 1 heterocycles. The zero-order valence-corrected chi connectivity index (χ0v) is 14.9. The number of H-pyrrole nitrogens is 1. The SMILES string of the molecule is O=C(Nc1ccccc1)c1c(O)n(-c2ccc(I)cc2)c(=O)[nH]c1=O. The first kappa shape index (κ1) is 17.0. The van der Waals surface area contributed by atoms with Gasteiger partial charge in [0.2, 0.25) is 5.88 Å². The van der Waals surface area contributed by atoms with Crippen LogP contribution < -0.4 is 16.6 Å². The number of anilines is 1. The number of amides is 1. The Balaban J connectivity index is 2.10. The summed E-state index contributed by atoms with van der Waals surface area (Å²) in [5, 5.41) is 12.9. The van der Waals surface area contributed by atoms with Gasteiger partial charge < -0.3 is 10.4 Å². The van der Waals surface area contributed by atoms with Crippen LogP contribution in [0.2, 0.25) is 0 Å². The third kappa shape index (κ3) is 3.48. The molecule has 0 bridgehead atoms. The van der Waals surface area contributed by atoms with E-state index in [4.69, 9.17) is 0 Å². The van der Waals surface area contributed by atoms with Crippen LogP contribution >= 0.6 is 22.6 Å². The number of benzene rings is 2. The summed E-state index contributed by atoms with van der Waals surface area (Å²) in [6, 6.07) is 15.1. The topological polar surface area (TPSA) is 104 Å². The van der Waals surface area contributed by atoms with Gasteiger partial charge in [0, 0.05) is 9.26 Å². The van der Waals surface area contributed by atoms with Crippen LogP contribution in [0.1, 0.15) is 10.4 Å². The van der Waals surface area contributed by atoms with E-state index in [0.29, 0.717) is 11.4 Å². The van der Waals surface area contributed by atoms with Crippen molar-refractivity contribution in [3.8, 4) is 11.6 Å². The van der Waals surface area contributed by atoms with Crippen molar-refractivity contribution in [1.29, 1.82) is 0 Å². The molecule has 0 spiro atoms. The smallest absolute Gasteiger partial charge is 0.335 e. The molecular weight excluding hydrogens is 437 g/mol. The first-order valence-electron chi connectivity index (χ1n) is 7.18. The second kappa shape index (κ2) is 6.93. The Labute approximate surface area is 155 Å². The van der Waals surface area contributed by atoms with E-state index in [1.807, 2.05) is 0 Å². The normalized spacial score (nSPS) is 10.4. The molecule has 3 N–H and O–H groups in total. The Bertz CT molecular complexity index is 1040. The van der Waals surface area contributed by atoms with Crippen molar-refractivity contribution in [2.45, 2.75) is 0 Å². The summed E-state index contributed by atoms with van der Waals surface area (Å²) in [5.41, 5.74) is -1.55. The first-order chi connectivity index (χ1) is 12.0. The van der Waals surface area contributed by atoms with E-state index in [0.717, 1.165) is 8.14 Å². The van der Waals surface area contributed by atoms with Gasteiger partial charge in [0.05, 0.1) is 5.69 Å². The van der Waals surface area contributed by atoms with Crippen molar-refractivity contribution in [2.75, 3.05) is 5.32 Å². The summed E-state index contributed by atoms with van der Waals surface area (Å²) in [4.78, 5) is 38.6. The maximum atomic E-state index is 12.4. The van der Waals surface area contributed by atoms with Gasteiger partial charge >= 0.3 is 5.69 Å². The molecule has 0 aliphatic heterocycles. The quantitative estimate of drug-likeness (QED) is 0.533. The van der Waals surface area contributed by atoms with Crippen molar-refractivity contribution < 1.29 is 9.90 Å². The lowest BCUT2D eigenvalue weighted by molar-refractivity contribution is 0.102. The molecule has 0 aliphatic rings. The van der Waals surface area contributed by atoms with Gasteiger partial charge in [-0.25, -0.2) is 9.36 Å². The highest BCUT2D eigenvalue weighted by molar-refractivity contribution is 14.1. The van der Waals surface area contributed by atoms with Crippen LogP contribution in [0.3, 0.4) is 0 Å². The highest BCUT2D eigenvalue weighted by atomic mass is 127. The molecule has 0 saturated carbocycles. The summed E-state index contributed by atoms with van der Waals surface area (Å²) < 4.78 is 1.80. The lowest BCUT2D eigenvalue weighted by atomic mass is 10.2. The van der Waals surface area contributed by atoms with E-state index >= 15 is 0 Å². The molecule has 8 heteroatoms. The predicted molar refractivity (Wildman–Crippen MR) is 101 cm³/mol. The second-order valence-electron chi connectivity index (χ2n) is 5.09. The Hall–Kier alpha value is -2.88. The van der Waals surface area contributed by atoms with Gasteiger partial charge in [0.25, 0.3) is 11.5 Å². The predicted octanol–water partition coefficient (Wildman–Crippen LogP) is 2.09. The maximum absolute atomic E-state index is 12.4. The number of hydrogen-bond acceptors (Lipinski definition) is 4. The fourth-order valence-electron chi connectivity index (χ4n) is 2.27. The summed E-state index contributed by atoms with van der Waals surface area (Å²) in [6.45, 7) is 0. The van der Waals surface area contributed by atoms with Gasteiger partial charge in [0.15, 0.2) is 5.56 Å². The maximum Gasteiger partial charge on any atom is 0.335 e. The first-order valence-corrected chi connectivity index (χ1v) is 8.26. The number of nitrogens with one attached hydrogen (secondary N) is 2. The Kier molecular flexibility index (Phi) is 4.70. The Morgan fingerprint density at radius 2 is 1.68 bits per heavy atom. The molecule has 126 valence electrons. The molecule has 1 amide bonds. The van der Waals surface area contributed by atoms with E-state index in [9.17, 15) is 19.5 Å². The average molecular weight is 449 g/mol. The fourth-order valence-corrected chi connectivity index (χ4v) is 2.63. The number of aromatic nitrogens is 2. The minimum Gasteiger partial charge on any atom is -0.493 e. The van der Waals surface area contributed by atoms with E-state index in [2.05, 4.69) is 32.9 Å². The second-order valence-corrected chi connectivity index (χ2v) is 6.34. The van der Waals surface area contributed by atoms with Gasteiger partial charge in [-0.2, -0.15) is 0 Å². The van der Waals surface area contributed by atoms with Crippen LogP contribution in [0.15, 0.2) is 64.2 Å². The number of carbonyl (C=O) groups excluding carboxylic acids is 1. The number of aromatic amines is 1. The largest absolute Gasteiger partial charge is 0.493 e. The molecule has 2 aromatic carbocycles. The van der Waals surface area contributed by atoms with Crippen molar-refractivity contribution in [2.24, 2.45) is 0 Å². The molecule has 3 rings (SSSR count). The number of aromatic hydroxyl groups is 1. The molecule has 25 heavy (non-hydrogen) atoms. The molecule has 0 radical (unpaired) electrons. The fraction of sp³-hybridized carbons (Fsp3) is 0. The highest BCUT2D eigenvalue weighted by Gasteiger charge is 2.22. The van der Waals surface area contributed by atoms with Crippen LogP contribution in [0.25, 0.3) is 5.69 Å². The van der Waals surface area contributed by atoms with Crippen molar-refractivity contribution in [3.63, 3.8) is 0 Å². The number of nitrogens with zero attached hydrogens (tertiary/aromatic N) is 1. The molecule has 7 nitrogen and oxygen atoms in total. The number of halogens is 1. The van der Waals surface area contributed by atoms with Crippen molar-refractivity contribution >= 4 is 34.2 Å². The Morgan fingerprint density at radius 3 is 2.32 bits per heavy atom. The van der Waals surface area contributed by atoms with Crippen LogP contribution in [0, 0.1) is 3.57 Å². The minimum absolute atomic E-state index is 0.327. The average Bonchev–Trinajstić information content (AvgIpc) is 2.57. The molecule has 1 aromatic heterocycles.